The summed E-state index contributed by atoms with van der Waals surface area (Å²) in [5, 5.41) is 0. The predicted octanol–water partition coefficient (Wildman–Crippen LogP) is 6.94. The van der Waals surface area contributed by atoms with Crippen molar-refractivity contribution in [1.82, 2.24) is 0 Å². The Morgan fingerprint density at radius 3 is 0.730 bits per heavy atom. The van der Waals surface area contributed by atoms with Gasteiger partial charge in [-0.05, 0) is 22.3 Å². The Labute approximate surface area is 236 Å². The Morgan fingerprint density at radius 1 is 0.351 bits per heavy atom. The summed E-state index contributed by atoms with van der Waals surface area (Å²) >= 11 is 0. The second-order valence-corrected chi connectivity index (χ2v) is 7.78. The van der Waals surface area contributed by atoms with Crippen LogP contribution in [0.5, 0.6) is 0 Å². The SMILES string of the molecule is O=C([CH][CH]c1ccccc1)[CH][CH]c1ccccc1.O=C([CH][CH]c1ccccc1)[CH][CH]c1ccccc1.[Pt+4]. The van der Waals surface area contributed by atoms with Crippen molar-refractivity contribution in [2.75, 3.05) is 0 Å². The minimum atomic E-state index is -0.0114. The normalized spacial score (nSPS) is 9.95. The number of hydrogen-bond donors (Lipinski definition) is 0. The molecule has 3 heteroatoms. The molecule has 0 saturated heterocycles. The molecule has 0 atom stereocenters. The van der Waals surface area contributed by atoms with Crippen LogP contribution >= 0.6 is 0 Å². The van der Waals surface area contributed by atoms with Gasteiger partial charge in [-0.2, -0.15) is 0 Å². The van der Waals surface area contributed by atoms with Gasteiger partial charge in [0, 0.05) is 51.4 Å². The molecule has 0 heterocycles. The Morgan fingerprint density at radius 2 is 0.541 bits per heavy atom. The largest absolute Gasteiger partial charge is 4.00 e. The zero-order valence-corrected chi connectivity index (χ0v) is 22.6. The van der Waals surface area contributed by atoms with Crippen molar-refractivity contribution in [3.63, 3.8) is 0 Å². The third-order valence-corrected chi connectivity index (χ3v) is 4.96. The van der Waals surface area contributed by atoms with E-state index in [4.69, 9.17) is 0 Å². The fourth-order valence-electron chi connectivity index (χ4n) is 3.08. The Kier molecular flexibility index (Phi) is 14.8. The van der Waals surface area contributed by atoms with Crippen molar-refractivity contribution in [3.05, 3.63) is 195 Å². The maximum absolute atomic E-state index is 11.6. The monoisotopic (exact) mass is 663 g/mol. The summed E-state index contributed by atoms with van der Waals surface area (Å²) in [7, 11) is 0. The number of carbonyl (C=O) groups excluding carboxylic acids is 2. The minimum Gasteiger partial charge on any atom is -0.299 e. The van der Waals surface area contributed by atoms with E-state index in [2.05, 4.69) is 0 Å². The first kappa shape index (κ1) is 30.1. The van der Waals surface area contributed by atoms with E-state index in [1.807, 2.05) is 147 Å². The van der Waals surface area contributed by atoms with Gasteiger partial charge < -0.3 is 0 Å². The minimum absolute atomic E-state index is 0. The van der Waals surface area contributed by atoms with Crippen LogP contribution in [0.1, 0.15) is 22.3 Å². The molecule has 8 radical (unpaired) electrons. The third-order valence-electron chi connectivity index (χ3n) is 4.96. The topological polar surface area (TPSA) is 34.1 Å². The van der Waals surface area contributed by atoms with Crippen LogP contribution in [0.3, 0.4) is 0 Å². The Bertz CT molecular complexity index is 958. The van der Waals surface area contributed by atoms with E-state index >= 15 is 0 Å². The van der Waals surface area contributed by atoms with E-state index in [1.54, 1.807) is 25.7 Å². The van der Waals surface area contributed by atoms with Gasteiger partial charge in [-0.25, -0.2) is 0 Å². The number of ketones is 2. The molecule has 4 rings (SSSR count). The van der Waals surface area contributed by atoms with Crippen LogP contribution in [0, 0.1) is 51.4 Å². The van der Waals surface area contributed by atoms with E-state index in [0.29, 0.717) is 0 Å². The fourth-order valence-corrected chi connectivity index (χ4v) is 3.08. The molecule has 0 amide bonds. The van der Waals surface area contributed by atoms with Gasteiger partial charge >= 0.3 is 21.1 Å². The first-order valence-electron chi connectivity index (χ1n) is 11.7. The molecule has 0 bridgehead atoms. The molecular formula is C34H28O2Pt+4. The smallest absolute Gasteiger partial charge is 0.299 e. The summed E-state index contributed by atoms with van der Waals surface area (Å²) in [5.74, 6) is -0.0228. The van der Waals surface area contributed by atoms with Gasteiger partial charge in [0.05, 0.1) is 0 Å². The van der Waals surface area contributed by atoms with Crippen molar-refractivity contribution >= 4 is 11.6 Å². The molecule has 4 aromatic rings. The molecule has 0 aliphatic rings. The predicted molar refractivity (Wildman–Crippen MR) is 147 cm³/mol. The maximum Gasteiger partial charge on any atom is 4.00 e. The summed E-state index contributed by atoms with van der Waals surface area (Å²) in [5.41, 5.74) is 4.11. The van der Waals surface area contributed by atoms with Crippen molar-refractivity contribution < 1.29 is 30.7 Å². The summed E-state index contributed by atoms with van der Waals surface area (Å²) in [4.78, 5) is 23.2. The van der Waals surface area contributed by atoms with Crippen molar-refractivity contribution in [2.45, 2.75) is 0 Å². The van der Waals surface area contributed by atoms with Crippen LogP contribution in [0.25, 0.3) is 0 Å². The fraction of sp³-hybridized carbons (Fsp3) is 0. The molecule has 0 aromatic heterocycles. The average molecular weight is 664 g/mol. The van der Waals surface area contributed by atoms with Crippen molar-refractivity contribution in [3.8, 4) is 0 Å². The van der Waals surface area contributed by atoms with E-state index in [9.17, 15) is 9.59 Å². The maximum atomic E-state index is 11.6. The van der Waals surface area contributed by atoms with Crippen LogP contribution in [0.15, 0.2) is 121 Å². The first-order chi connectivity index (χ1) is 17.7. The van der Waals surface area contributed by atoms with Crippen molar-refractivity contribution in [2.24, 2.45) is 0 Å². The third kappa shape index (κ3) is 13.1. The molecular weight excluding hydrogens is 635 g/mol. The first-order valence-corrected chi connectivity index (χ1v) is 11.7. The van der Waals surface area contributed by atoms with E-state index in [1.165, 1.54) is 0 Å². The van der Waals surface area contributed by atoms with Crippen LogP contribution < -0.4 is 0 Å². The Hall–Kier alpha value is -3.09. The van der Waals surface area contributed by atoms with Crippen LogP contribution in [0.4, 0.5) is 0 Å². The van der Waals surface area contributed by atoms with Crippen LogP contribution in [-0.4, -0.2) is 11.6 Å². The average Bonchev–Trinajstić information content (AvgIpc) is 2.95. The van der Waals surface area contributed by atoms with E-state index < -0.39 is 0 Å². The van der Waals surface area contributed by atoms with Gasteiger partial charge in [-0.3, -0.25) is 9.59 Å². The number of hydrogen-bond acceptors (Lipinski definition) is 2. The van der Waals surface area contributed by atoms with Gasteiger partial charge in [0.2, 0.25) is 0 Å². The molecule has 37 heavy (non-hydrogen) atoms. The Balaban J connectivity index is 0.000000253. The summed E-state index contributed by atoms with van der Waals surface area (Å²) in [6.07, 6.45) is 13.6. The molecule has 2 nitrogen and oxygen atoms in total. The van der Waals surface area contributed by atoms with E-state index in [0.717, 1.165) is 22.3 Å². The number of Topliss-reactive ketones (excluding diaryl/α,β-unsaturated/α-hetero) is 2. The van der Waals surface area contributed by atoms with Gasteiger partial charge in [-0.1, -0.05) is 121 Å². The van der Waals surface area contributed by atoms with Crippen molar-refractivity contribution in [1.29, 1.82) is 0 Å². The molecule has 0 unspecified atom stereocenters. The molecule has 182 valence electrons. The van der Waals surface area contributed by atoms with Crippen LogP contribution in [-0.2, 0) is 30.7 Å². The second kappa shape index (κ2) is 18.2. The second-order valence-electron chi connectivity index (χ2n) is 7.78. The number of rotatable bonds is 12. The molecule has 4 aromatic carbocycles. The van der Waals surface area contributed by atoms with Gasteiger partial charge in [-0.15, -0.1) is 0 Å². The summed E-state index contributed by atoms with van der Waals surface area (Å²) in [6, 6.07) is 39.1. The van der Waals surface area contributed by atoms with Gasteiger partial charge in [0.15, 0.2) is 0 Å². The molecule has 0 saturated carbocycles. The summed E-state index contributed by atoms with van der Waals surface area (Å²) < 4.78 is 0. The number of benzene rings is 4. The summed E-state index contributed by atoms with van der Waals surface area (Å²) in [6.45, 7) is 0. The zero-order chi connectivity index (χ0) is 25.3. The quantitative estimate of drug-likeness (QED) is 0.165. The zero-order valence-electron chi connectivity index (χ0n) is 20.3. The molecule has 0 fully saturated rings. The van der Waals surface area contributed by atoms with E-state index in [-0.39, 0.29) is 32.6 Å². The van der Waals surface area contributed by atoms with Crippen LogP contribution in [0.2, 0.25) is 0 Å². The van der Waals surface area contributed by atoms with Gasteiger partial charge in [0.1, 0.15) is 11.6 Å². The number of carbonyl (C=O) groups is 2. The van der Waals surface area contributed by atoms with Gasteiger partial charge in [0.25, 0.3) is 0 Å². The molecule has 0 N–H and O–H groups in total. The molecule has 0 spiro atoms. The molecule has 0 aliphatic heterocycles. The standard InChI is InChI=1S/2C17H14O.Pt/c2*18-17(13-11-15-7-3-1-4-8-15)14-12-16-9-5-2-6-10-16;/h2*1-14H;/q;;+4. The molecule has 0 aliphatic carbocycles.